The molecule has 0 aliphatic carbocycles. The number of nitrogens with zero attached hydrogens (tertiary/aromatic N) is 1. The van der Waals surface area contributed by atoms with Crippen LogP contribution in [0, 0.1) is 17.8 Å². The first kappa shape index (κ1) is 15.1. The number of hydrogen-bond acceptors (Lipinski definition) is 3. The lowest BCUT2D eigenvalue weighted by atomic mass is 9.92. The summed E-state index contributed by atoms with van der Waals surface area (Å²) in [5.41, 5.74) is 0.728. The molecule has 0 bridgehead atoms. The highest BCUT2D eigenvalue weighted by Crippen LogP contribution is 2.24. The van der Waals surface area contributed by atoms with Crippen LogP contribution in [-0.4, -0.2) is 35.6 Å². The van der Waals surface area contributed by atoms with E-state index in [1.54, 1.807) is 0 Å². The molecule has 1 aliphatic rings. The topological polar surface area (TPSA) is 40.5 Å². The molecule has 1 fully saturated rings. The van der Waals surface area contributed by atoms with E-state index >= 15 is 0 Å². The molecule has 4 heteroatoms. The first-order valence-electron chi connectivity index (χ1n) is 7.22. The molecule has 0 unspecified atom stereocenters. The molecule has 1 amide bonds. The minimum atomic E-state index is -0.147. The summed E-state index contributed by atoms with van der Waals surface area (Å²) in [6.45, 7) is 3.82. The minimum Gasteiger partial charge on any atom is -0.384 e. The Morgan fingerprint density at radius 1 is 1.50 bits per heavy atom. The first-order valence-corrected chi connectivity index (χ1v) is 8.10. The van der Waals surface area contributed by atoms with Crippen LogP contribution in [0.5, 0.6) is 0 Å². The summed E-state index contributed by atoms with van der Waals surface area (Å²) < 4.78 is 0. The number of likely N-dealkylation sites (tertiary alicyclic amines) is 1. The molecule has 1 aromatic heterocycles. The monoisotopic (exact) mass is 291 g/mol. The predicted octanol–water partition coefficient (Wildman–Crippen LogP) is 2.74. The fraction of sp³-hybridized carbons (Fsp3) is 0.562. The standard InChI is InChI=1S/C16H21NO2S/c1-2-4-13-6-8-17(9-7-13)16(19)14-11-15(20-12-14)5-3-10-18/h11-13,18H,2,4,6-10H2,1H3. The van der Waals surface area contributed by atoms with Crippen LogP contribution in [0.4, 0.5) is 0 Å². The smallest absolute Gasteiger partial charge is 0.254 e. The van der Waals surface area contributed by atoms with Crippen molar-refractivity contribution in [2.75, 3.05) is 19.7 Å². The number of aliphatic hydroxyl groups is 1. The molecular formula is C16H21NO2S. The molecule has 0 spiro atoms. The van der Waals surface area contributed by atoms with Crippen LogP contribution in [0.1, 0.15) is 47.8 Å². The van der Waals surface area contributed by atoms with Gasteiger partial charge in [0.1, 0.15) is 6.61 Å². The van der Waals surface area contributed by atoms with Crippen molar-refractivity contribution in [1.29, 1.82) is 0 Å². The second kappa shape index (κ2) is 7.47. The molecular weight excluding hydrogens is 270 g/mol. The third-order valence-electron chi connectivity index (χ3n) is 3.74. The first-order chi connectivity index (χ1) is 9.74. The van der Waals surface area contributed by atoms with Crippen LogP contribution in [-0.2, 0) is 0 Å². The van der Waals surface area contributed by atoms with E-state index in [0.29, 0.717) is 0 Å². The van der Waals surface area contributed by atoms with Gasteiger partial charge in [0.25, 0.3) is 5.91 Å². The highest BCUT2D eigenvalue weighted by atomic mass is 32.1. The number of carbonyl (C=O) groups is 1. The maximum Gasteiger partial charge on any atom is 0.254 e. The second-order valence-corrected chi connectivity index (χ2v) is 6.10. The van der Waals surface area contributed by atoms with Gasteiger partial charge in [0.2, 0.25) is 0 Å². The highest BCUT2D eigenvalue weighted by Gasteiger charge is 2.23. The van der Waals surface area contributed by atoms with E-state index in [1.807, 2.05) is 16.3 Å². The summed E-state index contributed by atoms with van der Waals surface area (Å²) >= 11 is 1.46. The van der Waals surface area contributed by atoms with Crippen molar-refractivity contribution in [3.63, 3.8) is 0 Å². The van der Waals surface area contributed by atoms with Crippen LogP contribution in [0.2, 0.25) is 0 Å². The molecule has 108 valence electrons. The van der Waals surface area contributed by atoms with Gasteiger partial charge in [0.05, 0.1) is 10.4 Å². The molecule has 1 saturated heterocycles. The lowest BCUT2D eigenvalue weighted by Crippen LogP contribution is -2.38. The lowest BCUT2D eigenvalue weighted by Gasteiger charge is -2.31. The predicted molar refractivity (Wildman–Crippen MR) is 81.8 cm³/mol. The lowest BCUT2D eigenvalue weighted by molar-refractivity contribution is 0.0687. The third kappa shape index (κ3) is 3.84. The van der Waals surface area contributed by atoms with Crippen molar-refractivity contribution in [3.8, 4) is 11.8 Å². The average Bonchev–Trinajstić information content (AvgIpc) is 2.94. The Kier molecular flexibility index (Phi) is 5.63. The number of amides is 1. The zero-order chi connectivity index (χ0) is 14.4. The number of carbonyl (C=O) groups excluding carboxylic acids is 1. The Hall–Kier alpha value is -1.31. The Labute approximate surface area is 124 Å². The van der Waals surface area contributed by atoms with Crippen LogP contribution >= 0.6 is 11.3 Å². The zero-order valence-corrected chi connectivity index (χ0v) is 12.7. The number of rotatable bonds is 3. The van der Waals surface area contributed by atoms with Gasteiger partial charge in [-0.25, -0.2) is 0 Å². The van der Waals surface area contributed by atoms with E-state index in [0.717, 1.165) is 42.3 Å². The fourth-order valence-corrected chi connectivity index (χ4v) is 3.41. The summed E-state index contributed by atoms with van der Waals surface area (Å²) in [5, 5.41) is 10.5. The van der Waals surface area contributed by atoms with Crippen LogP contribution in [0.15, 0.2) is 11.4 Å². The summed E-state index contributed by atoms with van der Waals surface area (Å²) in [4.78, 5) is 15.2. The SMILES string of the molecule is CCCC1CCN(C(=O)c2csc(C#CCO)c2)CC1. The number of hydrogen-bond donors (Lipinski definition) is 1. The van der Waals surface area contributed by atoms with Gasteiger partial charge in [-0.1, -0.05) is 31.6 Å². The molecule has 1 aliphatic heterocycles. The summed E-state index contributed by atoms with van der Waals surface area (Å²) in [6.07, 6.45) is 4.76. The van der Waals surface area contributed by atoms with Crippen LogP contribution < -0.4 is 0 Å². The van der Waals surface area contributed by atoms with Gasteiger partial charge < -0.3 is 10.0 Å². The molecule has 0 radical (unpaired) electrons. The highest BCUT2D eigenvalue weighted by molar-refractivity contribution is 7.10. The zero-order valence-electron chi connectivity index (χ0n) is 11.9. The Morgan fingerprint density at radius 2 is 2.25 bits per heavy atom. The van der Waals surface area contributed by atoms with Crippen LogP contribution in [0.3, 0.4) is 0 Å². The largest absolute Gasteiger partial charge is 0.384 e. The second-order valence-electron chi connectivity index (χ2n) is 5.18. The van der Waals surface area contributed by atoms with Gasteiger partial charge in [-0.2, -0.15) is 0 Å². The van der Waals surface area contributed by atoms with Crippen molar-refractivity contribution in [2.45, 2.75) is 32.6 Å². The Morgan fingerprint density at radius 3 is 2.90 bits per heavy atom. The van der Waals surface area contributed by atoms with E-state index in [4.69, 9.17) is 5.11 Å². The van der Waals surface area contributed by atoms with E-state index in [-0.39, 0.29) is 12.5 Å². The van der Waals surface area contributed by atoms with Gasteiger partial charge in [-0.05, 0) is 24.8 Å². The average molecular weight is 291 g/mol. The number of piperidine rings is 1. The molecule has 1 N–H and O–H groups in total. The van der Waals surface area contributed by atoms with Crippen molar-refractivity contribution in [3.05, 3.63) is 21.9 Å². The normalized spacial score (nSPS) is 15.8. The van der Waals surface area contributed by atoms with Gasteiger partial charge >= 0.3 is 0 Å². The minimum absolute atomic E-state index is 0.119. The molecule has 0 atom stereocenters. The molecule has 0 saturated carbocycles. The number of thiophene rings is 1. The Bertz CT molecular complexity index is 504. The van der Waals surface area contributed by atoms with Gasteiger partial charge in [-0.3, -0.25) is 4.79 Å². The van der Waals surface area contributed by atoms with Crippen molar-refractivity contribution >= 4 is 17.2 Å². The quantitative estimate of drug-likeness (QED) is 0.870. The maximum absolute atomic E-state index is 12.4. The Balaban J connectivity index is 1.93. The van der Waals surface area contributed by atoms with E-state index in [2.05, 4.69) is 18.8 Å². The van der Waals surface area contributed by atoms with E-state index in [1.165, 1.54) is 24.2 Å². The van der Waals surface area contributed by atoms with Crippen LogP contribution in [0.25, 0.3) is 0 Å². The molecule has 20 heavy (non-hydrogen) atoms. The van der Waals surface area contributed by atoms with E-state index in [9.17, 15) is 4.79 Å². The van der Waals surface area contributed by atoms with Crippen molar-refractivity contribution in [2.24, 2.45) is 5.92 Å². The molecule has 0 aromatic carbocycles. The van der Waals surface area contributed by atoms with Gasteiger partial charge in [0.15, 0.2) is 0 Å². The van der Waals surface area contributed by atoms with Crippen molar-refractivity contribution in [1.82, 2.24) is 4.90 Å². The molecule has 2 heterocycles. The third-order valence-corrected chi connectivity index (χ3v) is 4.58. The summed E-state index contributed by atoms with van der Waals surface area (Å²) in [7, 11) is 0. The van der Waals surface area contributed by atoms with Gasteiger partial charge in [0, 0.05) is 18.5 Å². The van der Waals surface area contributed by atoms with E-state index < -0.39 is 0 Å². The molecule has 1 aromatic rings. The summed E-state index contributed by atoms with van der Waals surface area (Å²) in [6, 6.07) is 1.83. The molecule has 2 rings (SSSR count). The number of aliphatic hydroxyl groups excluding tert-OH is 1. The van der Waals surface area contributed by atoms with Gasteiger partial charge in [-0.15, -0.1) is 11.3 Å². The van der Waals surface area contributed by atoms with Crippen molar-refractivity contribution < 1.29 is 9.90 Å². The fourth-order valence-electron chi connectivity index (χ4n) is 2.66. The maximum atomic E-state index is 12.4. The molecule has 3 nitrogen and oxygen atoms in total. The summed E-state index contributed by atoms with van der Waals surface area (Å²) in [5.74, 6) is 6.36.